The fourth-order valence-electron chi connectivity index (χ4n) is 2.75. The number of hydrogen-bond donors (Lipinski definition) is 1. The zero-order chi connectivity index (χ0) is 12.8. The van der Waals surface area contributed by atoms with Crippen LogP contribution >= 0.6 is 0 Å². The van der Waals surface area contributed by atoms with Gasteiger partial charge in [-0.05, 0) is 41.0 Å². The van der Waals surface area contributed by atoms with Crippen LogP contribution in [0.3, 0.4) is 0 Å². The molecule has 17 heavy (non-hydrogen) atoms. The molecule has 0 unspecified atom stereocenters. The van der Waals surface area contributed by atoms with Crippen LogP contribution in [-0.2, 0) is 6.54 Å². The van der Waals surface area contributed by atoms with Gasteiger partial charge in [-0.25, -0.2) is 4.39 Å². The van der Waals surface area contributed by atoms with Crippen molar-refractivity contribution in [2.24, 2.45) is 10.8 Å². The minimum Gasteiger partial charge on any atom is -0.309 e. The number of nitrogens with one attached hydrogen (secondary N) is 1. The average molecular weight is 235 g/mol. The lowest BCUT2D eigenvalue weighted by atomic mass is 10.0. The highest BCUT2D eigenvalue weighted by molar-refractivity contribution is 5.27. The molecule has 0 spiro atoms. The van der Waals surface area contributed by atoms with E-state index in [2.05, 4.69) is 33.0 Å². The van der Waals surface area contributed by atoms with Crippen molar-refractivity contribution in [3.8, 4) is 0 Å². The van der Waals surface area contributed by atoms with Crippen LogP contribution < -0.4 is 5.32 Å². The molecule has 0 radical (unpaired) electrons. The Kier molecular flexibility index (Phi) is 2.81. The van der Waals surface area contributed by atoms with Gasteiger partial charge in [0.1, 0.15) is 5.82 Å². The molecule has 2 heteroatoms. The lowest BCUT2D eigenvalue weighted by Crippen LogP contribution is -2.22. The molecule has 0 bridgehead atoms. The molecule has 1 saturated carbocycles. The highest BCUT2D eigenvalue weighted by Crippen LogP contribution is 2.62. The quantitative estimate of drug-likeness (QED) is 0.843. The minimum absolute atomic E-state index is 0.151. The zero-order valence-corrected chi connectivity index (χ0v) is 11.4. The Morgan fingerprint density at radius 2 is 1.76 bits per heavy atom. The molecule has 1 aliphatic carbocycles. The maximum absolute atomic E-state index is 13.2. The van der Waals surface area contributed by atoms with Gasteiger partial charge >= 0.3 is 0 Å². The van der Waals surface area contributed by atoms with Gasteiger partial charge in [0.05, 0.1) is 0 Å². The molecule has 0 amide bonds. The average Bonchev–Trinajstić information content (AvgIpc) is 2.60. The molecular weight excluding hydrogens is 213 g/mol. The van der Waals surface area contributed by atoms with Crippen LogP contribution in [0.15, 0.2) is 18.2 Å². The number of halogens is 1. The molecule has 1 nitrogen and oxygen atoms in total. The normalized spacial score (nSPS) is 21.5. The SMILES string of the molecule is Cc1ccc(F)cc1CNC1C(C)(C)C1(C)C. The summed E-state index contributed by atoms with van der Waals surface area (Å²) in [6.07, 6.45) is 0. The Morgan fingerprint density at radius 1 is 1.18 bits per heavy atom. The van der Waals surface area contributed by atoms with E-state index in [-0.39, 0.29) is 5.82 Å². The zero-order valence-electron chi connectivity index (χ0n) is 11.4. The Labute approximate surface area is 103 Å². The third kappa shape index (κ3) is 1.99. The molecule has 0 saturated heterocycles. The summed E-state index contributed by atoms with van der Waals surface area (Å²) in [5.41, 5.74) is 2.86. The van der Waals surface area contributed by atoms with E-state index in [4.69, 9.17) is 0 Å². The summed E-state index contributed by atoms with van der Waals surface area (Å²) >= 11 is 0. The maximum Gasteiger partial charge on any atom is 0.123 e. The lowest BCUT2D eigenvalue weighted by Gasteiger charge is -2.09. The molecule has 0 aromatic heterocycles. The molecule has 94 valence electrons. The molecule has 1 aromatic rings. The van der Waals surface area contributed by atoms with Gasteiger partial charge in [0.2, 0.25) is 0 Å². The van der Waals surface area contributed by atoms with Gasteiger partial charge in [-0.3, -0.25) is 0 Å². The first kappa shape index (κ1) is 12.6. The first-order valence-electron chi connectivity index (χ1n) is 6.25. The van der Waals surface area contributed by atoms with E-state index in [1.165, 1.54) is 6.07 Å². The van der Waals surface area contributed by atoms with E-state index >= 15 is 0 Å². The molecule has 1 aliphatic rings. The third-order valence-electron chi connectivity index (χ3n) is 4.83. The van der Waals surface area contributed by atoms with E-state index in [0.29, 0.717) is 16.9 Å². The van der Waals surface area contributed by atoms with Gasteiger partial charge in [0.25, 0.3) is 0 Å². The molecule has 1 aromatic carbocycles. The van der Waals surface area contributed by atoms with Crippen LogP contribution in [0, 0.1) is 23.6 Å². The summed E-state index contributed by atoms with van der Waals surface area (Å²) in [6.45, 7) is 11.9. The maximum atomic E-state index is 13.2. The first-order valence-corrected chi connectivity index (χ1v) is 6.25. The first-order chi connectivity index (χ1) is 7.76. The summed E-state index contributed by atoms with van der Waals surface area (Å²) in [5.74, 6) is -0.151. The highest BCUT2D eigenvalue weighted by atomic mass is 19.1. The third-order valence-corrected chi connectivity index (χ3v) is 4.83. The fraction of sp³-hybridized carbons (Fsp3) is 0.600. The van der Waals surface area contributed by atoms with Gasteiger partial charge in [0.15, 0.2) is 0 Å². The van der Waals surface area contributed by atoms with Crippen molar-refractivity contribution in [1.82, 2.24) is 5.32 Å². The second kappa shape index (κ2) is 3.81. The van der Waals surface area contributed by atoms with Crippen molar-refractivity contribution < 1.29 is 4.39 Å². The van der Waals surface area contributed by atoms with E-state index in [0.717, 1.165) is 17.7 Å². The van der Waals surface area contributed by atoms with Crippen LogP contribution in [0.5, 0.6) is 0 Å². The van der Waals surface area contributed by atoms with Crippen molar-refractivity contribution in [3.63, 3.8) is 0 Å². The number of aryl methyl sites for hydroxylation is 1. The smallest absolute Gasteiger partial charge is 0.123 e. The Morgan fingerprint density at radius 3 is 2.29 bits per heavy atom. The van der Waals surface area contributed by atoms with Gasteiger partial charge in [-0.2, -0.15) is 0 Å². The summed E-state index contributed by atoms with van der Waals surface area (Å²) < 4.78 is 13.2. The second-order valence-electron chi connectivity index (χ2n) is 6.33. The van der Waals surface area contributed by atoms with Crippen molar-refractivity contribution in [1.29, 1.82) is 0 Å². The standard InChI is InChI=1S/C15H22FN/c1-10-6-7-12(16)8-11(10)9-17-13-14(2,3)15(13,4)5/h6-8,13,17H,9H2,1-5H3. The largest absolute Gasteiger partial charge is 0.309 e. The Hall–Kier alpha value is -0.890. The van der Waals surface area contributed by atoms with E-state index in [9.17, 15) is 4.39 Å². The van der Waals surface area contributed by atoms with Crippen LogP contribution in [0.1, 0.15) is 38.8 Å². The predicted molar refractivity (Wildman–Crippen MR) is 69.3 cm³/mol. The van der Waals surface area contributed by atoms with Crippen molar-refractivity contribution in [3.05, 3.63) is 35.1 Å². The second-order valence-corrected chi connectivity index (χ2v) is 6.33. The lowest BCUT2D eigenvalue weighted by molar-refractivity contribution is 0.457. The minimum atomic E-state index is -0.151. The van der Waals surface area contributed by atoms with Crippen molar-refractivity contribution >= 4 is 0 Å². The number of hydrogen-bond acceptors (Lipinski definition) is 1. The summed E-state index contributed by atoms with van der Waals surface area (Å²) in [6, 6.07) is 5.50. The van der Waals surface area contributed by atoms with E-state index < -0.39 is 0 Å². The topological polar surface area (TPSA) is 12.0 Å². The van der Waals surface area contributed by atoms with Crippen molar-refractivity contribution in [2.75, 3.05) is 0 Å². The molecule has 1 fully saturated rings. The fourth-order valence-corrected chi connectivity index (χ4v) is 2.75. The Bertz CT molecular complexity index is 421. The van der Waals surface area contributed by atoms with Gasteiger partial charge in [-0.15, -0.1) is 0 Å². The van der Waals surface area contributed by atoms with Gasteiger partial charge in [-0.1, -0.05) is 33.8 Å². The molecule has 0 atom stereocenters. The summed E-state index contributed by atoms with van der Waals surface area (Å²) in [4.78, 5) is 0. The van der Waals surface area contributed by atoms with E-state index in [1.807, 2.05) is 13.0 Å². The monoisotopic (exact) mass is 235 g/mol. The summed E-state index contributed by atoms with van der Waals surface area (Å²) in [7, 11) is 0. The highest BCUT2D eigenvalue weighted by Gasteiger charge is 2.64. The molecule has 2 rings (SSSR count). The van der Waals surface area contributed by atoms with Crippen molar-refractivity contribution in [2.45, 2.75) is 47.2 Å². The number of rotatable bonds is 3. The Balaban J connectivity index is 2.03. The van der Waals surface area contributed by atoms with Crippen LogP contribution in [0.4, 0.5) is 4.39 Å². The molecule has 0 heterocycles. The number of benzene rings is 1. The van der Waals surface area contributed by atoms with Crippen LogP contribution in [0.2, 0.25) is 0 Å². The molecule has 0 aliphatic heterocycles. The van der Waals surface area contributed by atoms with Crippen LogP contribution in [-0.4, -0.2) is 6.04 Å². The predicted octanol–water partition coefficient (Wildman–Crippen LogP) is 3.66. The molecular formula is C15H22FN. The van der Waals surface area contributed by atoms with Gasteiger partial charge < -0.3 is 5.32 Å². The van der Waals surface area contributed by atoms with Crippen LogP contribution in [0.25, 0.3) is 0 Å². The van der Waals surface area contributed by atoms with Gasteiger partial charge in [0, 0.05) is 12.6 Å². The summed E-state index contributed by atoms with van der Waals surface area (Å²) in [5, 5.41) is 3.55. The van der Waals surface area contributed by atoms with E-state index in [1.54, 1.807) is 6.07 Å². The molecule has 1 N–H and O–H groups in total.